The third-order valence-corrected chi connectivity index (χ3v) is 1.05. The van der Waals surface area contributed by atoms with Gasteiger partial charge in [0.2, 0.25) is 0 Å². The zero-order valence-corrected chi connectivity index (χ0v) is 9.04. The van der Waals surface area contributed by atoms with E-state index in [-0.39, 0.29) is 6.61 Å². The smallest absolute Gasteiger partial charge is 0.330 e. The number of rotatable bonds is 4. The minimum Gasteiger partial charge on any atom is -0.330 e. The molecule has 0 amide bonds. The largest absolute Gasteiger partial charge is 0.397 e. The molecule has 3 N–H and O–H groups in total. The maximum absolute atomic E-state index is 9.80. The molecule has 0 aliphatic heterocycles. The molecule has 0 saturated heterocycles. The predicted octanol–water partition coefficient (Wildman–Crippen LogP) is -0.668. The van der Waals surface area contributed by atoms with Crippen molar-refractivity contribution in [2.75, 3.05) is 34.3 Å². The SMILES string of the molecule is CN(C)C.NCCCOS(=O)(=O)O. The Balaban J connectivity index is 0. The first-order valence-electron chi connectivity index (χ1n) is 3.72. The third kappa shape index (κ3) is 33.7. The fourth-order valence-electron chi connectivity index (χ4n) is 0.248. The van der Waals surface area contributed by atoms with Crippen LogP contribution >= 0.6 is 0 Å². The minimum atomic E-state index is -4.25. The number of nitrogens with two attached hydrogens (primary N) is 1. The Kier molecular flexibility index (Phi) is 9.86. The molecule has 0 radical (unpaired) electrons. The van der Waals surface area contributed by atoms with Crippen molar-refractivity contribution in [3.8, 4) is 0 Å². The second-order valence-electron chi connectivity index (χ2n) is 2.73. The van der Waals surface area contributed by atoms with Gasteiger partial charge in [-0.15, -0.1) is 0 Å². The molecular weight excluding hydrogens is 196 g/mol. The van der Waals surface area contributed by atoms with Gasteiger partial charge in [0.15, 0.2) is 0 Å². The van der Waals surface area contributed by atoms with E-state index < -0.39 is 10.4 Å². The summed E-state index contributed by atoms with van der Waals surface area (Å²) in [4.78, 5) is 2.00. The Hall–Kier alpha value is -0.210. The summed E-state index contributed by atoms with van der Waals surface area (Å²) in [7, 11) is 1.75. The first-order valence-corrected chi connectivity index (χ1v) is 5.09. The molecule has 7 heteroatoms. The van der Waals surface area contributed by atoms with Crippen LogP contribution in [0.3, 0.4) is 0 Å². The summed E-state index contributed by atoms with van der Waals surface area (Å²) >= 11 is 0. The highest BCUT2D eigenvalue weighted by atomic mass is 32.3. The molecule has 13 heavy (non-hydrogen) atoms. The van der Waals surface area contributed by atoms with Gasteiger partial charge >= 0.3 is 10.4 Å². The Labute approximate surface area is 79.6 Å². The van der Waals surface area contributed by atoms with Gasteiger partial charge in [0.25, 0.3) is 0 Å². The summed E-state index contributed by atoms with van der Waals surface area (Å²) in [6.07, 6.45) is 0.416. The average Bonchev–Trinajstić information content (AvgIpc) is 1.83. The lowest BCUT2D eigenvalue weighted by Crippen LogP contribution is -2.08. The number of hydrogen-bond acceptors (Lipinski definition) is 5. The summed E-state index contributed by atoms with van der Waals surface area (Å²) < 4.78 is 31.5. The van der Waals surface area contributed by atoms with Crippen molar-refractivity contribution >= 4 is 10.4 Å². The van der Waals surface area contributed by atoms with E-state index in [4.69, 9.17) is 10.3 Å². The summed E-state index contributed by atoms with van der Waals surface area (Å²) in [5.41, 5.74) is 5.00. The van der Waals surface area contributed by atoms with Crippen molar-refractivity contribution in [2.24, 2.45) is 5.73 Å². The van der Waals surface area contributed by atoms with E-state index in [0.717, 1.165) is 0 Å². The van der Waals surface area contributed by atoms with E-state index in [9.17, 15) is 8.42 Å². The average molecular weight is 214 g/mol. The molecule has 0 atom stereocenters. The van der Waals surface area contributed by atoms with Crippen LogP contribution in [-0.2, 0) is 14.6 Å². The summed E-state index contributed by atoms with van der Waals surface area (Å²) in [5, 5.41) is 0. The maximum Gasteiger partial charge on any atom is 0.397 e. The Morgan fingerprint density at radius 2 is 1.77 bits per heavy atom. The second-order valence-corrected chi connectivity index (χ2v) is 3.82. The Morgan fingerprint density at radius 3 is 2.00 bits per heavy atom. The monoisotopic (exact) mass is 214 g/mol. The second kappa shape index (κ2) is 8.39. The van der Waals surface area contributed by atoms with E-state index in [1.54, 1.807) is 0 Å². The number of hydrogen-bond donors (Lipinski definition) is 2. The zero-order chi connectivity index (χ0) is 10.9. The van der Waals surface area contributed by atoms with Gasteiger partial charge in [-0.1, -0.05) is 0 Å². The molecule has 0 aliphatic carbocycles. The first kappa shape index (κ1) is 15.3. The minimum absolute atomic E-state index is 0.0602. The normalized spacial score (nSPS) is 10.9. The lowest BCUT2D eigenvalue weighted by molar-refractivity contribution is 0.266. The summed E-state index contributed by atoms with van der Waals surface area (Å²) in [6, 6.07) is 0. The van der Waals surface area contributed by atoms with Gasteiger partial charge in [0.05, 0.1) is 6.61 Å². The highest BCUT2D eigenvalue weighted by Gasteiger charge is 2.01. The van der Waals surface area contributed by atoms with E-state index in [1.807, 2.05) is 26.0 Å². The van der Waals surface area contributed by atoms with Gasteiger partial charge in [-0.05, 0) is 34.1 Å². The van der Waals surface area contributed by atoms with Crippen LogP contribution in [0.5, 0.6) is 0 Å². The van der Waals surface area contributed by atoms with E-state index in [0.29, 0.717) is 13.0 Å². The fourth-order valence-corrected chi connectivity index (χ4v) is 0.576. The van der Waals surface area contributed by atoms with Crippen molar-refractivity contribution in [1.82, 2.24) is 4.90 Å². The van der Waals surface area contributed by atoms with Crippen LogP contribution in [0.1, 0.15) is 6.42 Å². The molecule has 0 aromatic carbocycles. The lowest BCUT2D eigenvalue weighted by atomic mass is 10.5. The van der Waals surface area contributed by atoms with Crippen LogP contribution in [0.25, 0.3) is 0 Å². The quantitative estimate of drug-likeness (QED) is 0.476. The molecule has 6 nitrogen and oxygen atoms in total. The zero-order valence-electron chi connectivity index (χ0n) is 8.23. The van der Waals surface area contributed by atoms with E-state index in [2.05, 4.69) is 4.18 Å². The molecule has 0 aliphatic rings. The van der Waals surface area contributed by atoms with Crippen molar-refractivity contribution in [2.45, 2.75) is 6.42 Å². The van der Waals surface area contributed by atoms with Crippen LogP contribution in [0, 0.1) is 0 Å². The van der Waals surface area contributed by atoms with Crippen LogP contribution < -0.4 is 5.73 Å². The molecule has 0 unspecified atom stereocenters. The van der Waals surface area contributed by atoms with Crippen LogP contribution in [0.2, 0.25) is 0 Å². The predicted molar refractivity (Wildman–Crippen MR) is 50.8 cm³/mol. The fraction of sp³-hybridized carbons (Fsp3) is 1.00. The van der Waals surface area contributed by atoms with E-state index >= 15 is 0 Å². The van der Waals surface area contributed by atoms with Gasteiger partial charge in [-0.3, -0.25) is 4.55 Å². The summed E-state index contributed by atoms with van der Waals surface area (Å²) in [5.74, 6) is 0. The highest BCUT2D eigenvalue weighted by molar-refractivity contribution is 7.80. The number of nitrogens with zero attached hydrogens (tertiary/aromatic N) is 1. The molecule has 0 aromatic heterocycles. The van der Waals surface area contributed by atoms with Gasteiger partial charge in [-0.25, -0.2) is 4.18 Å². The molecular formula is C6H18N2O4S. The first-order chi connectivity index (χ1) is 5.79. The van der Waals surface area contributed by atoms with Crippen molar-refractivity contribution in [3.05, 3.63) is 0 Å². The van der Waals surface area contributed by atoms with Gasteiger partial charge in [-0.2, -0.15) is 8.42 Å². The molecule has 0 aromatic rings. The van der Waals surface area contributed by atoms with Gasteiger partial charge in [0, 0.05) is 0 Å². The van der Waals surface area contributed by atoms with Crippen LogP contribution in [0.15, 0.2) is 0 Å². The van der Waals surface area contributed by atoms with E-state index in [1.165, 1.54) is 0 Å². The van der Waals surface area contributed by atoms with Crippen molar-refractivity contribution < 1.29 is 17.2 Å². The van der Waals surface area contributed by atoms with Crippen LogP contribution in [0.4, 0.5) is 0 Å². The molecule has 0 saturated carbocycles. The maximum atomic E-state index is 9.80. The Bertz CT molecular complexity index is 188. The lowest BCUT2D eigenvalue weighted by Gasteiger charge is -1.95. The molecule has 0 bridgehead atoms. The molecule has 0 heterocycles. The highest BCUT2D eigenvalue weighted by Crippen LogP contribution is 1.86. The third-order valence-electron chi connectivity index (χ3n) is 0.581. The Morgan fingerprint density at radius 1 is 1.38 bits per heavy atom. The van der Waals surface area contributed by atoms with Crippen molar-refractivity contribution in [1.29, 1.82) is 0 Å². The molecule has 0 fully saturated rings. The molecule has 0 spiro atoms. The summed E-state index contributed by atoms with van der Waals surface area (Å²) in [6.45, 7) is 0.283. The van der Waals surface area contributed by atoms with Gasteiger partial charge < -0.3 is 10.6 Å². The van der Waals surface area contributed by atoms with Gasteiger partial charge in [0.1, 0.15) is 0 Å². The molecule has 0 rings (SSSR count). The standard InChI is InChI=1S/C3H9NO4S.C3H9N/c4-2-1-3-8-9(5,6)7;1-4(2)3/h1-4H2,(H,5,6,7);1-3H3. The topological polar surface area (TPSA) is 92.9 Å². The van der Waals surface area contributed by atoms with Crippen LogP contribution in [-0.4, -0.2) is 52.2 Å². The van der Waals surface area contributed by atoms with Crippen molar-refractivity contribution in [3.63, 3.8) is 0 Å². The molecule has 82 valence electrons.